The van der Waals surface area contributed by atoms with Gasteiger partial charge in [-0.1, -0.05) is 68.1 Å². The standard InChI is InChI=1S/C28H37N5/c1-22-13-15-31(16-14-22)21-23(2)32-17-19-33(20-18-32)28(30-3)26-12-8-7-11-25(26)27(29)24-9-5-4-6-10-24/h4-12,22,29H,2,13-21H2,1,3H3. The van der Waals surface area contributed by atoms with Gasteiger partial charge >= 0.3 is 0 Å². The number of hydrogen-bond acceptors (Lipinski definition) is 4. The van der Waals surface area contributed by atoms with Crippen LogP contribution >= 0.6 is 0 Å². The van der Waals surface area contributed by atoms with Crippen molar-refractivity contribution in [3.8, 4) is 0 Å². The molecule has 0 aromatic heterocycles. The van der Waals surface area contributed by atoms with Crippen LogP contribution in [-0.4, -0.2) is 79.1 Å². The van der Waals surface area contributed by atoms with Gasteiger partial charge in [0.15, 0.2) is 0 Å². The first kappa shape index (κ1) is 23.2. The molecule has 0 radical (unpaired) electrons. The summed E-state index contributed by atoms with van der Waals surface area (Å²) in [4.78, 5) is 12.0. The molecule has 0 aliphatic carbocycles. The summed E-state index contributed by atoms with van der Waals surface area (Å²) in [6.45, 7) is 13.9. The number of likely N-dealkylation sites (tertiary alicyclic amines) is 1. The normalized spacial score (nSPS) is 18.4. The molecule has 2 fully saturated rings. The number of amidine groups is 1. The minimum atomic E-state index is 0.537. The minimum absolute atomic E-state index is 0.537. The van der Waals surface area contributed by atoms with E-state index in [2.05, 4.69) is 39.3 Å². The molecule has 0 saturated carbocycles. The van der Waals surface area contributed by atoms with E-state index >= 15 is 0 Å². The molecule has 2 aliphatic rings. The molecule has 33 heavy (non-hydrogen) atoms. The van der Waals surface area contributed by atoms with Crippen LogP contribution in [0.15, 0.2) is 71.9 Å². The number of benzene rings is 2. The van der Waals surface area contributed by atoms with Crippen LogP contribution < -0.4 is 0 Å². The number of piperidine rings is 1. The zero-order valence-corrected chi connectivity index (χ0v) is 20.1. The van der Waals surface area contributed by atoms with E-state index < -0.39 is 0 Å². The maximum atomic E-state index is 8.82. The molecule has 1 N–H and O–H groups in total. The lowest BCUT2D eigenvalue weighted by molar-refractivity contribution is 0.168. The van der Waals surface area contributed by atoms with Crippen molar-refractivity contribution in [2.45, 2.75) is 19.8 Å². The van der Waals surface area contributed by atoms with Crippen LogP contribution in [-0.2, 0) is 0 Å². The number of rotatable bonds is 6. The second kappa shape index (κ2) is 10.8. The van der Waals surface area contributed by atoms with Crippen LogP contribution in [0.2, 0.25) is 0 Å². The maximum Gasteiger partial charge on any atom is 0.131 e. The molecule has 0 unspecified atom stereocenters. The fourth-order valence-corrected chi connectivity index (χ4v) is 4.90. The lowest BCUT2D eigenvalue weighted by atomic mass is 9.96. The van der Waals surface area contributed by atoms with Gasteiger partial charge < -0.3 is 9.80 Å². The molecule has 2 saturated heterocycles. The zero-order valence-electron chi connectivity index (χ0n) is 20.1. The van der Waals surface area contributed by atoms with Gasteiger partial charge in [0, 0.05) is 62.2 Å². The highest BCUT2D eigenvalue weighted by molar-refractivity contribution is 6.17. The van der Waals surface area contributed by atoms with Crippen LogP contribution in [0.4, 0.5) is 0 Å². The van der Waals surface area contributed by atoms with Gasteiger partial charge in [-0.15, -0.1) is 0 Å². The highest BCUT2D eigenvalue weighted by atomic mass is 15.3. The van der Waals surface area contributed by atoms with E-state index in [9.17, 15) is 0 Å². The van der Waals surface area contributed by atoms with Crippen molar-refractivity contribution in [3.63, 3.8) is 0 Å². The molecule has 5 heteroatoms. The zero-order chi connectivity index (χ0) is 23.2. The van der Waals surface area contributed by atoms with Gasteiger partial charge in [0.05, 0.1) is 5.71 Å². The van der Waals surface area contributed by atoms with Crippen LogP contribution in [0.3, 0.4) is 0 Å². The van der Waals surface area contributed by atoms with Crippen molar-refractivity contribution < 1.29 is 0 Å². The first-order valence-electron chi connectivity index (χ1n) is 12.2. The summed E-state index contributed by atoms with van der Waals surface area (Å²) >= 11 is 0. The molecular formula is C28H37N5. The molecule has 2 aliphatic heterocycles. The largest absolute Gasteiger partial charge is 0.371 e. The number of piperazine rings is 1. The second-order valence-corrected chi connectivity index (χ2v) is 9.33. The minimum Gasteiger partial charge on any atom is -0.371 e. The molecule has 5 nitrogen and oxygen atoms in total. The van der Waals surface area contributed by atoms with Gasteiger partial charge in [0.2, 0.25) is 0 Å². The Hall–Kier alpha value is -2.92. The van der Waals surface area contributed by atoms with E-state index in [4.69, 9.17) is 5.41 Å². The van der Waals surface area contributed by atoms with Gasteiger partial charge in [-0.3, -0.25) is 15.3 Å². The third-order valence-electron chi connectivity index (χ3n) is 7.02. The molecule has 174 valence electrons. The van der Waals surface area contributed by atoms with E-state index in [1.807, 2.05) is 55.6 Å². The predicted molar refractivity (Wildman–Crippen MR) is 138 cm³/mol. The summed E-state index contributed by atoms with van der Waals surface area (Å²) in [6, 6.07) is 18.1. The van der Waals surface area contributed by atoms with Crippen molar-refractivity contribution >= 4 is 11.5 Å². The summed E-state index contributed by atoms with van der Waals surface area (Å²) < 4.78 is 0. The third-order valence-corrected chi connectivity index (χ3v) is 7.02. The molecule has 2 aromatic carbocycles. The SMILES string of the molecule is C=C(CN1CCC(C)CC1)N1CCN(C(=NC)c2ccccc2C(=N)c2ccccc2)CC1. The Morgan fingerprint density at radius 1 is 0.879 bits per heavy atom. The summed E-state index contributed by atoms with van der Waals surface area (Å²) in [7, 11) is 1.86. The lowest BCUT2D eigenvalue weighted by Gasteiger charge is -2.40. The second-order valence-electron chi connectivity index (χ2n) is 9.33. The van der Waals surface area contributed by atoms with E-state index in [1.165, 1.54) is 31.6 Å². The lowest BCUT2D eigenvalue weighted by Crippen LogP contribution is -2.50. The summed E-state index contributed by atoms with van der Waals surface area (Å²) in [5.74, 6) is 1.83. The fraction of sp³-hybridized carbons (Fsp3) is 0.429. The first-order chi connectivity index (χ1) is 16.1. The summed E-state index contributed by atoms with van der Waals surface area (Å²) in [5.41, 5.74) is 4.66. The van der Waals surface area contributed by atoms with Crippen LogP contribution in [0.1, 0.15) is 36.5 Å². The Bertz CT molecular complexity index is 980. The Kier molecular flexibility index (Phi) is 7.61. The van der Waals surface area contributed by atoms with Gasteiger partial charge in [-0.2, -0.15) is 0 Å². The van der Waals surface area contributed by atoms with Gasteiger partial charge in [0.1, 0.15) is 5.84 Å². The highest BCUT2D eigenvalue weighted by Gasteiger charge is 2.25. The smallest absolute Gasteiger partial charge is 0.131 e. The van der Waals surface area contributed by atoms with E-state index in [0.29, 0.717) is 5.71 Å². The molecule has 0 spiro atoms. The van der Waals surface area contributed by atoms with Gasteiger partial charge in [-0.05, 0) is 31.8 Å². The number of nitrogens with one attached hydrogen (secondary N) is 1. The third kappa shape index (κ3) is 5.53. The molecule has 2 heterocycles. The number of aliphatic imine (C=N–C) groups is 1. The van der Waals surface area contributed by atoms with Crippen LogP contribution in [0, 0.1) is 11.3 Å². The molecular weight excluding hydrogens is 406 g/mol. The van der Waals surface area contributed by atoms with Crippen molar-refractivity contribution in [2.75, 3.05) is 52.9 Å². The molecule has 4 rings (SSSR count). The Balaban J connectivity index is 1.41. The van der Waals surface area contributed by atoms with Gasteiger partial charge in [0.25, 0.3) is 0 Å². The average Bonchev–Trinajstić information content (AvgIpc) is 2.87. The van der Waals surface area contributed by atoms with Gasteiger partial charge in [-0.25, -0.2) is 0 Å². The number of nitrogens with zero attached hydrogens (tertiary/aromatic N) is 4. The maximum absolute atomic E-state index is 8.82. The Labute approximate surface area is 198 Å². The molecule has 0 bridgehead atoms. The van der Waals surface area contributed by atoms with Crippen molar-refractivity contribution in [1.29, 1.82) is 5.41 Å². The average molecular weight is 444 g/mol. The van der Waals surface area contributed by atoms with E-state index in [-0.39, 0.29) is 0 Å². The van der Waals surface area contributed by atoms with Crippen LogP contribution in [0.25, 0.3) is 0 Å². The monoisotopic (exact) mass is 443 g/mol. The summed E-state index contributed by atoms with van der Waals surface area (Å²) in [6.07, 6.45) is 2.60. The molecule has 0 amide bonds. The van der Waals surface area contributed by atoms with Crippen molar-refractivity contribution in [3.05, 3.63) is 83.6 Å². The van der Waals surface area contributed by atoms with Crippen molar-refractivity contribution in [1.82, 2.24) is 14.7 Å². The molecule has 2 aromatic rings. The topological polar surface area (TPSA) is 45.9 Å². The highest BCUT2D eigenvalue weighted by Crippen LogP contribution is 2.21. The molecule has 0 atom stereocenters. The first-order valence-corrected chi connectivity index (χ1v) is 12.2. The Morgan fingerprint density at radius 2 is 1.45 bits per heavy atom. The van der Waals surface area contributed by atoms with Crippen LogP contribution in [0.5, 0.6) is 0 Å². The van der Waals surface area contributed by atoms with E-state index in [0.717, 1.165) is 61.2 Å². The fourth-order valence-electron chi connectivity index (χ4n) is 4.90. The number of hydrogen-bond donors (Lipinski definition) is 1. The van der Waals surface area contributed by atoms with E-state index in [1.54, 1.807) is 0 Å². The summed E-state index contributed by atoms with van der Waals surface area (Å²) in [5, 5.41) is 8.82. The predicted octanol–water partition coefficient (Wildman–Crippen LogP) is 4.34. The van der Waals surface area contributed by atoms with Crippen molar-refractivity contribution in [2.24, 2.45) is 10.9 Å². The Morgan fingerprint density at radius 3 is 2.09 bits per heavy atom. The quantitative estimate of drug-likeness (QED) is 0.534.